The van der Waals surface area contributed by atoms with Crippen molar-refractivity contribution in [2.75, 3.05) is 25.5 Å². The van der Waals surface area contributed by atoms with Crippen LogP contribution in [0.4, 0.5) is 5.82 Å². The van der Waals surface area contributed by atoms with Crippen molar-refractivity contribution in [2.24, 2.45) is 11.3 Å². The summed E-state index contributed by atoms with van der Waals surface area (Å²) in [7, 11) is 2.09. The molecule has 2 heterocycles. The largest absolute Gasteiger partial charge is 0.310 e. The lowest BCUT2D eigenvalue weighted by atomic mass is 9.79. The van der Waals surface area contributed by atoms with Crippen molar-refractivity contribution in [1.82, 2.24) is 15.4 Å². The second kappa shape index (κ2) is 8.77. The SMILES string of the molecule is CN1CCC(C)(C(=O)Nc2cc(-c3ccc4c(c3)CCC(C(=O)NO)C4)ccn2)CC1. The third kappa shape index (κ3) is 4.62. The minimum Gasteiger partial charge on any atom is -0.310 e. The van der Waals surface area contributed by atoms with Crippen molar-refractivity contribution in [1.29, 1.82) is 0 Å². The number of benzene rings is 1. The predicted octanol–water partition coefficient (Wildman–Crippen LogP) is 3.03. The van der Waals surface area contributed by atoms with Crippen LogP contribution in [0.2, 0.25) is 0 Å². The molecule has 0 saturated carbocycles. The van der Waals surface area contributed by atoms with E-state index in [-0.39, 0.29) is 23.1 Å². The third-order valence-electron chi connectivity index (χ3n) is 6.89. The predicted molar refractivity (Wildman–Crippen MR) is 119 cm³/mol. The van der Waals surface area contributed by atoms with Crippen LogP contribution in [-0.4, -0.2) is 47.0 Å². The zero-order chi connectivity index (χ0) is 22.0. The van der Waals surface area contributed by atoms with Crippen LogP contribution in [0.3, 0.4) is 0 Å². The Kier molecular flexibility index (Phi) is 6.07. The summed E-state index contributed by atoms with van der Waals surface area (Å²) < 4.78 is 0. The second-order valence-electron chi connectivity index (χ2n) is 9.15. The number of aryl methyl sites for hydroxylation is 1. The highest BCUT2D eigenvalue weighted by molar-refractivity contribution is 5.94. The zero-order valence-electron chi connectivity index (χ0n) is 18.1. The van der Waals surface area contributed by atoms with Crippen molar-refractivity contribution in [2.45, 2.75) is 39.0 Å². The van der Waals surface area contributed by atoms with Gasteiger partial charge in [-0.2, -0.15) is 0 Å². The quantitative estimate of drug-likeness (QED) is 0.520. The number of likely N-dealkylation sites (tertiary alicyclic amines) is 1. The minimum atomic E-state index is -0.368. The Labute approximate surface area is 182 Å². The maximum atomic E-state index is 12.9. The molecule has 0 radical (unpaired) electrons. The molecule has 1 aromatic carbocycles. The molecule has 0 spiro atoms. The Morgan fingerprint density at radius 2 is 1.87 bits per heavy atom. The lowest BCUT2D eigenvalue weighted by Crippen LogP contribution is -2.43. The van der Waals surface area contributed by atoms with Gasteiger partial charge in [0.25, 0.3) is 0 Å². The molecule has 31 heavy (non-hydrogen) atoms. The van der Waals surface area contributed by atoms with Crippen LogP contribution in [0.1, 0.15) is 37.3 Å². The van der Waals surface area contributed by atoms with Gasteiger partial charge >= 0.3 is 0 Å². The van der Waals surface area contributed by atoms with Gasteiger partial charge in [-0.05, 0) is 86.6 Å². The number of rotatable bonds is 4. The lowest BCUT2D eigenvalue weighted by Gasteiger charge is -2.36. The molecule has 7 heteroatoms. The van der Waals surface area contributed by atoms with E-state index >= 15 is 0 Å². The number of hydrogen-bond donors (Lipinski definition) is 3. The Morgan fingerprint density at radius 3 is 2.61 bits per heavy atom. The van der Waals surface area contributed by atoms with Gasteiger partial charge in [0.05, 0.1) is 0 Å². The van der Waals surface area contributed by atoms with Gasteiger partial charge in [0.2, 0.25) is 11.8 Å². The second-order valence-corrected chi connectivity index (χ2v) is 9.15. The Hall–Kier alpha value is -2.77. The molecule has 2 aromatic rings. The van der Waals surface area contributed by atoms with E-state index in [1.54, 1.807) is 11.7 Å². The molecule has 1 unspecified atom stereocenters. The molecular formula is C24H30N4O3. The fraction of sp³-hybridized carbons (Fsp3) is 0.458. The maximum Gasteiger partial charge on any atom is 0.246 e. The number of carbonyl (C=O) groups excluding carboxylic acids is 2. The summed E-state index contributed by atoms with van der Waals surface area (Å²) in [5.41, 5.74) is 5.82. The normalized spacial score (nSPS) is 20.5. The third-order valence-corrected chi connectivity index (χ3v) is 6.89. The molecule has 2 aliphatic rings. The molecule has 3 N–H and O–H groups in total. The average Bonchev–Trinajstić information content (AvgIpc) is 2.80. The van der Waals surface area contributed by atoms with Gasteiger partial charge in [-0.1, -0.05) is 25.1 Å². The summed E-state index contributed by atoms with van der Waals surface area (Å²) >= 11 is 0. The molecule has 1 aliphatic carbocycles. The van der Waals surface area contributed by atoms with Gasteiger partial charge in [0.15, 0.2) is 0 Å². The number of fused-ring (bicyclic) bond motifs is 1. The first-order valence-electron chi connectivity index (χ1n) is 10.9. The van der Waals surface area contributed by atoms with Crippen LogP contribution < -0.4 is 10.8 Å². The Balaban J connectivity index is 1.49. The first kappa shape index (κ1) is 21.5. The molecule has 4 rings (SSSR count). The van der Waals surface area contributed by atoms with E-state index in [9.17, 15) is 9.59 Å². The fourth-order valence-corrected chi connectivity index (χ4v) is 4.53. The zero-order valence-corrected chi connectivity index (χ0v) is 18.1. The number of amides is 2. The van der Waals surface area contributed by atoms with Crippen molar-refractivity contribution >= 4 is 17.6 Å². The maximum absolute atomic E-state index is 12.9. The van der Waals surface area contributed by atoms with Crippen molar-refractivity contribution in [3.63, 3.8) is 0 Å². The number of anilines is 1. The van der Waals surface area contributed by atoms with E-state index in [1.165, 1.54) is 5.56 Å². The van der Waals surface area contributed by atoms with E-state index in [2.05, 4.69) is 34.4 Å². The molecule has 2 amide bonds. The van der Waals surface area contributed by atoms with E-state index in [4.69, 9.17) is 5.21 Å². The molecule has 0 bridgehead atoms. The summed E-state index contributed by atoms with van der Waals surface area (Å²) in [5, 5.41) is 11.9. The number of hydrogen-bond acceptors (Lipinski definition) is 5. The Morgan fingerprint density at radius 1 is 1.13 bits per heavy atom. The van der Waals surface area contributed by atoms with E-state index in [0.29, 0.717) is 18.7 Å². The highest BCUT2D eigenvalue weighted by Crippen LogP contribution is 2.33. The summed E-state index contributed by atoms with van der Waals surface area (Å²) in [6, 6.07) is 10.1. The van der Waals surface area contributed by atoms with E-state index in [1.807, 2.05) is 25.1 Å². The number of carbonyl (C=O) groups is 2. The van der Waals surface area contributed by atoms with E-state index in [0.717, 1.165) is 49.0 Å². The topological polar surface area (TPSA) is 94.6 Å². The van der Waals surface area contributed by atoms with Crippen LogP contribution in [0.25, 0.3) is 11.1 Å². The van der Waals surface area contributed by atoms with E-state index < -0.39 is 0 Å². The highest BCUT2D eigenvalue weighted by Gasteiger charge is 2.36. The number of hydroxylamine groups is 1. The minimum absolute atomic E-state index is 0.0314. The summed E-state index contributed by atoms with van der Waals surface area (Å²) in [4.78, 5) is 31.3. The molecule has 1 aromatic heterocycles. The van der Waals surface area contributed by atoms with Crippen LogP contribution in [0.5, 0.6) is 0 Å². The van der Waals surface area contributed by atoms with Crippen LogP contribution in [-0.2, 0) is 22.4 Å². The number of nitrogens with one attached hydrogen (secondary N) is 2. The molecule has 1 aliphatic heterocycles. The Bertz CT molecular complexity index is 983. The number of pyridine rings is 1. The number of piperidine rings is 1. The molecule has 7 nitrogen and oxygen atoms in total. The van der Waals surface area contributed by atoms with Gasteiger partial charge in [-0.25, -0.2) is 10.5 Å². The van der Waals surface area contributed by atoms with Crippen molar-refractivity contribution < 1.29 is 14.8 Å². The highest BCUT2D eigenvalue weighted by atomic mass is 16.5. The van der Waals surface area contributed by atoms with Gasteiger partial charge in [-0.15, -0.1) is 0 Å². The van der Waals surface area contributed by atoms with Gasteiger partial charge in [0.1, 0.15) is 5.82 Å². The van der Waals surface area contributed by atoms with Gasteiger partial charge in [-0.3, -0.25) is 14.8 Å². The first-order valence-corrected chi connectivity index (χ1v) is 10.9. The molecule has 1 atom stereocenters. The molecule has 1 fully saturated rings. The van der Waals surface area contributed by atoms with Gasteiger partial charge in [0, 0.05) is 17.5 Å². The van der Waals surface area contributed by atoms with Crippen LogP contribution in [0, 0.1) is 11.3 Å². The number of nitrogens with zero attached hydrogens (tertiary/aromatic N) is 2. The average molecular weight is 423 g/mol. The summed E-state index contributed by atoms with van der Waals surface area (Å²) in [6.45, 7) is 3.88. The molecule has 164 valence electrons. The van der Waals surface area contributed by atoms with Crippen LogP contribution in [0.15, 0.2) is 36.5 Å². The lowest BCUT2D eigenvalue weighted by molar-refractivity contribution is -0.133. The van der Waals surface area contributed by atoms with Gasteiger partial charge < -0.3 is 10.2 Å². The molecular weight excluding hydrogens is 392 g/mol. The standard InChI is InChI=1S/C24H30N4O3/c1-24(8-11-28(2)12-9-24)23(30)26-21-15-19(7-10-25-21)17-3-4-18-14-20(22(29)27-31)6-5-16(18)13-17/h3-4,7,10,13,15,20,31H,5-6,8-9,11-12,14H2,1-2H3,(H,27,29)(H,25,26,30). The van der Waals surface area contributed by atoms with Crippen LogP contribution >= 0.6 is 0 Å². The fourth-order valence-electron chi connectivity index (χ4n) is 4.53. The summed E-state index contributed by atoms with van der Waals surface area (Å²) in [6.07, 6.45) is 5.55. The number of aromatic nitrogens is 1. The van der Waals surface area contributed by atoms with Crippen molar-refractivity contribution in [3.05, 3.63) is 47.7 Å². The smallest absolute Gasteiger partial charge is 0.246 e. The molecule has 1 saturated heterocycles. The van der Waals surface area contributed by atoms with Crippen molar-refractivity contribution in [3.8, 4) is 11.1 Å². The summed E-state index contributed by atoms with van der Waals surface area (Å²) in [5.74, 6) is 0.0959. The monoisotopic (exact) mass is 422 g/mol. The first-order chi connectivity index (χ1) is 14.9.